The topological polar surface area (TPSA) is 91.5 Å². The van der Waals surface area contributed by atoms with Crippen molar-refractivity contribution in [1.82, 2.24) is 10.1 Å². The molecule has 1 heterocycles. The van der Waals surface area contributed by atoms with Crippen LogP contribution in [-0.4, -0.2) is 40.6 Å². The fourth-order valence-electron chi connectivity index (χ4n) is 2.68. The average Bonchev–Trinajstić information content (AvgIpc) is 2.98. The molecule has 1 aromatic rings. The van der Waals surface area contributed by atoms with Crippen molar-refractivity contribution in [2.24, 2.45) is 0 Å². The molecule has 1 aromatic heterocycles. The zero-order chi connectivity index (χ0) is 20.5. The molecular weight excluding hydrogens is 367 g/mol. The number of carbonyl (C=O) groups excluding carboxylic acids is 1. The van der Waals surface area contributed by atoms with E-state index in [1.807, 2.05) is 0 Å². The number of esters is 1. The lowest BCUT2D eigenvalue weighted by atomic mass is 10.1. The summed E-state index contributed by atoms with van der Waals surface area (Å²) in [5.41, 5.74) is -1.64. The Balaban J connectivity index is 2.78. The maximum atomic E-state index is 12.9. The molecule has 1 rings (SSSR count). The number of hydrogen-bond donors (Lipinski definition) is 0. The van der Waals surface area contributed by atoms with Crippen molar-refractivity contribution in [1.29, 1.82) is 0 Å². The average molecular weight is 402 g/mol. The van der Waals surface area contributed by atoms with E-state index >= 15 is 0 Å². The number of unbranched alkanes of at least 4 members (excludes halogenated alkanes) is 4. The van der Waals surface area contributed by atoms with Crippen LogP contribution in [0, 0.1) is 0 Å². The van der Waals surface area contributed by atoms with Crippen LogP contribution in [0.15, 0.2) is 4.52 Å². The molecule has 0 bridgehead atoms. The van der Waals surface area contributed by atoms with Crippen molar-refractivity contribution in [2.45, 2.75) is 90.8 Å². The molecule has 0 N–H and O–H groups in total. The molecule has 0 amide bonds. The largest absolute Gasteiger partial charge is 0.459 e. The summed E-state index contributed by atoms with van der Waals surface area (Å²) >= 11 is 0. The van der Waals surface area contributed by atoms with Gasteiger partial charge in [0.05, 0.1) is 6.61 Å². The Kier molecular flexibility index (Phi) is 9.68. The zero-order valence-electron chi connectivity index (χ0n) is 17.6. The van der Waals surface area contributed by atoms with Gasteiger partial charge >= 0.3 is 5.97 Å². The Morgan fingerprint density at radius 1 is 1.19 bits per heavy atom. The summed E-state index contributed by atoms with van der Waals surface area (Å²) in [4.78, 5) is 17.0. The van der Waals surface area contributed by atoms with Gasteiger partial charge in [0, 0.05) is 19.5 Å². The van der Waals surface area contributed by atoms with Gasteiger partial charge in [-0.25, -0.2) is 0 Å². The van der Waals surface area contributed by atoms with Gasteiger partial charge in [-0.05, 0) is 34.1 Å². The minimum atomic E-state index is -3.24. The number of aryl methyl sites for hydroxylation is 1. The van der Waals surface area contributed by atoms with E-state index in [2.05, 4.69) is 17.1 Å². The van der Waals surface area contributed by atoms with Crippen LogP contribution in [0.3, 0.4) is 0 Å². The van der Waals surface area contributed by atoms with Crippen LogP contribution >= 0.6 is 7.37 Å². The van der Waals surface area contributed by atoms with Gasteiger partial charge in [-0.15, -0.1) is 0 Å². The minimum absolute atomic E-state index is 0.0471. The molecule has 8 heteroatoms. The highest BCUT2D eigenvalue weighted by atomic mass is 31.2. The molecule has 0 spiro atoms. The van der Waals surface area contributed by atoms with E-state index in [0.717, 1.165) is 19.3 Å². The molecule has 2 atom stereocenters. The van der Waals surface area contributed by atoms with Crippen molar-refractivity contribution in [3.63, 3.8) is 0 Å². The Morgan fingerprint density at radius 3 is 2.44 bits per heavy atom. The molecule has 156 valence electrons. The monoisotopic (exact) mass is 402 g/mol. The number of carbonyl (C=O) groups is 1. The highest BCUT2D eigenvalue weighted by Gasteiger charge is 2.40. The SMILES string of the molecule is CCCCCCCc1noc(CC(C(=O)OC(C)(C)C)P(C)(=O)OCC)n1. The van der Waals surface area contributed by atoms with E-state index in [4.69, 9.17) is 13.8 Å². The van der Waals surface area contributed by atoms with Crippen LogP contribution in [0.2, 0.25) is 0 Å². The molecule has 0 saturated carbocycles. The summed E-state index contributed by atoms with van der Waals surface area (Å²) in [6.45, 7) is 10.9. The summed E-state index contributed by atoms with van der Waals surface area (Å²) < 4.78 is 29.0. The quantitative estimate of drug-likeness (QED) is 0.282. The number of nitrogens with zero attached hydrogens (tertiary/aromatic N) is 2. The van der Waals surface area contributed by atoms with E-state index in [1.165, 1.54) is 25.9 Å². The van der Waals surface area contributed by atoms with Gasteiger partial charge in [-0.3, -0.25) is 9.36 Å². The third-order valence-corrected chi connectivity index (χ3v) is 6.31. The Bertz CT molecular complexity index is 624. The van der Waals surface area contributed by atoms with Crippen molar-refractivity contribution >= 4 is 13.3 Å². The molecule has 0 aliphatic heterocycles. The smallest absolute Gasteiger partial charge is 0.319 e. The highest BCUT2D eigenvalue weighted by molar-refractivity contribution is 7.60. The second-order valence-electron chi connectivity index (χ2n) is 7.85. The first-order valence-electron chi connectivity index (χ1n) is 9.85. The van der Waals surface area contributed by atoms with E-state index in [9.17, 15) is 9.36 Å². The van der Waals surface area contributed by atoms with Crippen LogP contribution in [0.1, 0.15) is 78.4 Å². The summed E-state index contributed by atoms with van der Waals surface area (Å²) in [6.07, 6.45) is 6.56. The summed E-state index contributed by atoms with van der Waals surface area (Å²) in [5, 5.41) is 3.98. The molecule has 0 saturated heterocycles. The summed E-state index contributed by atoms with van der Waals surface area (Å²) in [5.74, 6) is 0.337. The standard InChI is InChI=1S/C19H35N2O5P/c1-7-9-10-11-12-13-16-20-17(26-21-16)14-15(27(6,23)24-8-2)18(22)25-19(3,4)5/h15H,7-14H2,1-6H3. The zero-order valence-corrected chi connectivity index (χ0v) is 18.5. The lowest BCUT2D eigenvalue weighted by Gasteiger charge is -2.26. The third kappa shape index (κ3) is 9.02. The Hall–Kier alpha value is -1.20. The fraction of sp³-hybridized carbons (Fsp3) is 0.842. The minimum Gasteiger partial charge on any atom is -0.459 e. The first kappa shape index (κ1) is 23.8. The molecular formula is C19H35N2O5P. The van der Waals surface area contributed by atoms with Crippen LogP contribution in [0.4, 0.5) is 0 Å². The van der Waals surface area contributed by atoms with Crippen molar-refractivity contribution < 1.29 is 23.1 Å². The molecule has 7 nitrogen and oxygen atoms in total. The van der Waals surface area contributed by atoms with Gasteiger partial charge < -0.3 is 13.8 Å². The number of hydrogen-bond acceptors (Lipinski definition) is 7. The third-order valence-electron chi connectivity index (χ3n) is 4.01. The number of aromatic nitrogens is 2. The van der Waals surface area contributed by atoms with Crippen LogP contribution in [0.25, 0.3) is 0 Å². The first-order valence-corrected chi connectivity index (χ1v) is 12.0. The summed E-state index contributed by atoms with van der Waals surface area (Å²) in [7, 11) is -3.24. The molecule has 0 aliphatic carbocycles. The molecule has 0 fully saturated rings. The van der Waals surface area contributed by atoms with Gasteiger partial charge in [-0.2, -0.15) is 4.98 Å². The second-order valence-corrected chi connectivity index (χ2v) is 10.5. The van der Waals surface area contributed by atoms with Gasteiger partial charge in [0.25, 0.3) is 0 Å². The molecule has 2 unspecified atom stereocenters. The molecule has 0 aliphatic rings. The van der Waals surface area contributed by atoms with E-state index in [0.29, 0.717) is 5.82 Å². The maximum Gasteiger partial charge on any atom is 0.319 e. The first-order chi connectivity index (χ1) is 12.6. The van der Waals surface area contributed by atoms with E-state index < -0.39 is 24.6 Å². The fourth-order valence-corrected chi connectivity index (χ4v) is 4.30. The molecule has 27 heavy (non-hydrogen) atoms. The lowest BCUT2D eigenvalue weighted by Crippen LogP contribution is -2.33. The molecule has 0 aromatic carbocycles. The second kappa shape index (κ2) is 11.0. The number of rotatable bonds is 12. The van der Waals surface area contributed by atoms with Gasteiger partial charge in [0.1, 0.15) is 11.3 Å². The Labute approximate surface area is 163 Å². The van der Waals surface area contributed by atoms with Crippen molar-refractivity contribution in [3.05, 3.63) is 11.7 Å². The van der Waals surface area contributed by atoms with Crippen LogP contribution in [0.5, 0.6) is 0 Å². The predicted octanol–water partition coefficient (Wildman–Crippen LogP) is 4.78. The summed E-state index contributed by atoms with van der Waals surface area (Å²) in [6, 6.07) is 0. The normalized spacial score (nSPS) is 15.3. The Morgan fingerprint density at radius 2 is 1.85 bits per heavy atom. The lowest BCUT2D eigenvalue weighted by molar-refractivity contribution is -0.154. The van der Waals surface area contributed by atoms with Crippen LogP contribution in [-0.2, 0) is 31.5 Å². The van der Waals surface area contributed by atoms with Crippen LogP contribution < -0.4 is 0 Å². The maximum absolute atomic E-state index is 12.9. The van der Waals surface area contributed by atoms with E-state index in [-0.39, 0.29) is 18.9 Å². The van der Waals surface area contributed by atoms with E-state index in [1.54, 1.807) is 27.7 Å². The van der Waals surface area contributed by atoms with Crippen molar-refractivity contribution in [2.75, 3.05) is 13.3 Å². The van der Waals surface area contributed by atoms with Gasteiger partial charge in [0.2, 0.25) is 13.3 Å². The molecule has 0 radical (unpaired) electrons. The highest BCUT2D eigenvalue weighted by Crippen LogP contribution is 2.50. The van der Waals surface area contributed by atoms with Crippen molar-refractivity contribution in [3.8, 4) is 0 Å². The number of ether oxygens (including phenoxy) is 1. The van der Waals surface area contributed by atoms with Gasteiger partial charge in [-0.1, -0.05) is 37.8 Å². The van der Waals surface area contributed by atoms with Gasteiger partial charge in [0.15, 0.2) is 5.82 Å². The predicted molar refractivity (Wildman–Crippen MR) is 105 cm³/mol.